The van der Waals surface area contributed by atoms with Crippen LogP contribution >= 0.6 is 11.8 Å². The van der Waals surface area contributed by atoms with E-state index in [1.54, 1.807) is 0 Å². The molecule has 0 unspecified atom stereocenters. The van der Waals surface area contributed by atoms with Crippen LogP contribution in [0.5, 0.6) is 0 Å². The third kappa shape index (κ3) is 3.93. The third-order valence-corrected chi connectivity index (χ3v) is 6.62. The van der Waals surface area contributed by atoms with Gasteiger partial charge in [-0.25, -0.2) is 4.68 Å². The molecule has 0 saturated heterocycles. The number of aromatic nitrogens is 4. The van der Waals surface area contributed by atoms with Crippen molar-refractivity contribution in [1.82, 2.24) is 19.4 Å². The van der Waals surface area contributed by atoms with Gasteiger partial charge in [-0.3, -0.25) is 4.79 Å². The minimum Gasteiger partial charge on any atom is -0.341 e. The van der Waals surface area contributed by atoms with Gasteiger partial charge in [0.1, 0.15) is 0 Å². The van der Waals surface area contributed by atoms with Crippen LogP contribution in [0.2, 0.25) is 0 Å². The smallest absolute Gasteiger partial charge is 0.234 e. The summed E-state index contributed by atoms with van der Waals surface area (Å²) in [5, 5.41) is 14.1. The molecule has 0 aliphatic heterocycles. The van der Waals surface area contributed by atoms with Gasteiger partial charge in [-0.1, -0.05) is 59.8 Å². The molecule has 2 heterocycles. The monoisotopic (exact) mass is 456 g/mol. The lowest BCUT2D eigenvalue weighted by atomic mass is 10.1. The van der Waals surface area contributed by atoms with E-state index < -0.39 is 0 Å². The number of hydrogen-bond acceptors (Lipinski definition) is 5. The Morgan fingerprint density at radius 2 is 1.76 bits per heavy atom. The van der Waals surface area contributed by atoms with Crippen LogP contribution in [0.25, 0.3) is 33.2 Å². The standard InChI is InChI=1S/C25H24N6OS/c1-3-30-21-7-5-4-6-19(21)20-14-18(12-13-22(20)30)27-23(32)15-33-25-29-28-24(31(25)26)17-10-8-16(2)9-11-17/h4-14H,3,15,26H2,1-2H3,(H,27,32). The SMILES string of the molecule is CCn1c2ccccc2c2cc(NC(=O)CSc3nnc(-c4ccc(C)cc4)n3N)ccc21. The molecule has 166 valence electrons. The number of nitrogens with one attached hydrogen (secondary N) is 1. The average molecular weight is 457 g/mol. The first-order valence-electron chi connectivity index (χ1n) is 10.8. The van der Waals surface area contributed by atoms with E-state index in [2.05, 4.69) is 45.2 Å². The summed E-state index contributed by atoms with van der Waals surface area (Å²) < 4.78 is 3.71. The molecule has 8 heteroatoms. The van der Waals surface area contributed by atoms with Gasteiger partial charge >= 0.3 is 0 Å². The van der Waals surface area contributed by atoms with Gasteiger partial charge in [-0.05, 0) is 38.1 Å². The number of carbonyl (C=O) groups is 1. The number of nitrogen functional groups attached to an aromatic ring is 1. The van der Waals surface area contributed by atoms with Gasteiger partial charge in [0.2, 0.25) is 11.1 Å². The highest BCUT2D eigenvalue weighted by Crippen LogP contribution is 2.31. The summed E-state index contributed by atoms with van der Waals surface area (Å²) in [6.45, 7) is 5.05. The van der Waals surface area contributed by atoms with Crippen LogP contribution in [0.4, 0.5) is 5.69 Å². The van der Waals surface area contributed by atoms with Gasteiger partial charge in [-0.2, -0.15) is 0 Å². The van der Waals surface area contributed by atoms with Crippen LogP contribution in [-0.4, -0.2) is 31.1 Å². The van der Waals surface area contributed by atoms with Gasteiger partial charge in [0.15, 0.2) is 5.82 Å². The zero-order valence-corrected chi connectivity index (χ0v) is 19.3. The van der Waals surface area contributed by atoms with Crippen molar-refractivity contribution in [2.75, 3.05) is 16.9 Å². The maximum Gasteiger partial charge on any atom is 0.234 e. The van der Waals surface area contributed by atoms with Gasteiger partial charge in [-0.15, -0.1) is 10.2 Å². The van der Waals surface area contributed by atoms with E-state index in [-0.39, 0.29) is 11.7 Å². The van der Waals surface area contributed by atoms with Crippen LogP contribution in [-0.2, 0) is 11.3 Å². The molecule has 7 nitrogen and oxygen atoms in total. The number of anilines is 1. The number of rotatable bonds is 6. The second-order valence-corrected chi connectivity index (χ2v) is 8.81. The van der Waals surface area contributed by atoms with E-state index >= 15 is 0 Å². The summed E-state index contributed by atoms with van der Waals surface area (Å²) in [5.74, 6) is 6.80. The summed E-state index contributed by atoms with van der Waals surface area (Å²) in [6, 6.07) is 22.3. The number of hydrogen-bond donors (Lipinski definition) is 2. The summed E-state index contributed by atoms with van der Waals surface area (Å²) >= 11 is 1.26. The highest BCUT2D eigenvalue weighted by Gasteiger charge is 2.15. The zero-order chi connectivity index (χ0) is 22.9. The number of carbonyl (C=O) groups excluding carboxylic acids is 1. The van der Waals surface area contributed by atoms with Crippen LogP contribution in [0.1, 0.15) is 12.5 Å². The summed E-state index contributed by atoms with van der Waals surface area (Å²) in [6.07, 6.45) is 0. The molecule has 0 bridgehead atoms. The third-order valence-electron chi connectivity index (χ3n) is 5.68. The van der Waals surface area contributed by atoms with Crippen LogP contribution in [0.15, 0.2) is 71.9 Å². The molecule has 1 amide bonds. The second kappa shape index (κ2) is 8.63. The minimum absolute atomic E-state index is 0.126. The summed E-state index contributed by atoms with van der Waals surface area (Å²) in [7, 11) is 0. The van der Waals surface area contributed by atoms with Crippen molar-refractivity contribution in [2.24, 2.45) is 0 Å². The number of thioether (sulfide) groups is 1. The molecule has 3 aromatic carbocycles. The fourth-order valence-electron chi connectivity index (χ4n) is 4.07. The van der Waals surface area contributed by atoms with Crippen LogP contribution < -0.4 is 11.2 Å². The summed E-state index contributed by atoms with van der Waals surface area (Å²) in [4.78, 5) is 12.6. The Morgan fingerprint density at radius 1 is 1.00 bits per heavy atom. The first-order valence-corrected chi connectivity index (χ1v) is 11.7. The molecule has 33 heavy (non-hydrogen) atoms. The summed E-state index contributed by atoms with van der Waals surface area (Å²) in [5.41, 5.74) is 5.16. The minimum atomic E-state index is -0.126. The predicted molar refractivity (Wildman–Crippen MR) is 135 cm³/mol. The number of para-hydroxylation sites is 1. The molecular weight excluding hydrogens is 432 g/mol. The van der Waals surface area contributed by atoms with Crippen molar-refractivity contribution in [2.45, 2.75) is 25.5 Å². The zero-order valence-electron chi connectivity index (χ0n) is 18.4. The lowest BCUT2D eigenvalue weighted by Gasteiger charge is -2.07. The molecular formula is C25H24N6OS. The largest absolute Gasteiger partial charge is 0.341 e. The Balaban J connectivity index is 1.31. The van der Waals surface area contributed by atoms with Gasteiger partial charge in [0, 0.05) is 39.6 Å². The number of fused-ring (bicyclic) bond motifs is 3. The molecule has 0 spiro atoms. The Kier molecular flexibility index (Phi) is 5.51. The van der Waals surface area contributed by atoms with Crippen molar-refractivity contribution in [3.05, 3.63) is 72.3 Å². The number of amides is 1. The topological polar surface area (TPSA) is 90.8 Å². The molecule has 0 saturated carbocycles. The van der Waals surface area contributed by atoms with E-state index in [1.165, 1.54) is 27.3 Å². The Morgan fingerprint density at radius 3 is 2.55 bits per heavy atom. The van der Waals surface area contributed by atoms with Gasteiger partial charge in [0.05, 0.1) is 5.75 Å². The Hall–Kier alpha value is -3.78. The van der Waals surface area contributed by atoms with E-state index in [1.807, 2.05) is 55.5 Å². The van der Waals surface area contributed by atoms with Crippen molar-refractivity contribution < 1.29 is 4.79 Å². The van der Waals surface area contributed by atoms with Crippen molar-refractivity contribution in [1.29, 1.82) is 0 Å². The Bertz CT molecular complexity index is 1470. The number of nitrogens with zero attached hydrogens (tertiary/aromatic N) is 4. The fraction of sp³-hybridized carbons (Fsp3) is 0.160. The normalized spacial score (nSPS) is 11.3. The van der Waals surface area contributed by atoms with Crippen LogP contribution in [0, 0.1) is 6.92 Å². The fourth-order valence-corrected chi connectivity index (χ4v) is 4.73. The molecule has 5 rings (SSSR count). The van der Waals surface area contributed by atoms with Crippen molar-refractivity contribution in [3.8, 4) is 11.4 Å². The molecule has 0 atom stereocenters. The first kappa shape index (κ1) is 21.1. The molecule has 0 radical (unpaired) electrons. The molecule has 0 fully saturated rings. The van der Waals surface area contributed by atoms with Gasteiger partial charge in [0.25, 0.3) is 0 Å². The number of aryl methyl sites for hydroxylation is 2. The molecule has 3 N–H and O–H groups in total. The number of nitrogens with two attached hydrogens (primary N) is 1. The molecule has 2 aromatic heterocycles. The first-order chi connectivity index (χ1) is 16.0. The highest BCUT2D eigenvalue weighted by molar-refractivity contribution is 7.99. The quantitative estimate of drug-likeness (QED) is 0.282. The van der Waals surface area contributed by atoms with Crippen LogP contribution in [0.3, 0.4) is 0 Å². The van der Waals surface area contributed by atoms with E-state index in [0.717, 1.165) is 34.3 Å². The lowest BCUT2D eigenvalue weighted by molar-refractivity contribution is -0.113. The van der Waals surface area contributed by atoms with Crippen molar-refractivity contribution >= 4 is 45.2 Å². The maximum absolute atomic E-state index is 12.6. The predicted octanol–water partition coefficient (Wildman–Crippen LogP) is 4.83. The molecule has 0 aliphatic carbocycles. The maximum atomic E-state index is 12.6. The Labute approximate surface area is 195 Å². The molecule has 0 aliphatic rings. The average Bonchev–Trinajstić information content (AvgIpc) is 3.35. The van der Waals surface area contributed by atoms with E-state index in [9.17, 15) is 4.79 Å². The van der Waals surface area contributed by atoms with E-state index in [0.29, 0.717) is 11.0 Å². The number of benzene rings is 3. The van der Waals surface area contributed by atoms with E-state index in [4.69, 9.17) is 5.84 Å². The lowest BCUT2D eigenvalue weighted by Crippen LogP contribution is -2.16. The highest BCUT2D eigenvalue weighted by atomic mass is 32.2. The second-order valence-electron chi connectivity index (χ2n) is 7.87. The van der Waals surface area contributed by atoms with Crippen molar-refractivity contribution in [3.63, 3.8) is 0 Å². The molecule has 5 aromatic rings. The van der Waals surface area contributed by atoms with Gasteiger partial charge < -0.3 is 15.7 Å².